The molecule has 0 radical (unpaired) electrons. The second-order valence-corrected chi connectivity index (χ2v) is 9.53. The van der Waals surface area contributed by atoms with Crippen molar-refractivity contribution in [3.63, 3.8) is 0 Å². The molecule has 1 aliphatic carbocycles. The van der Waals surface area contributed by atoms with Crippen molar-refractivity contribution in [3.8, 4) is 11.3 Å². The number of nitrogens with zero attached hydrogens (tertiary/aromatic N) is 3. The maximum atomic E-state index is 13.1. The Morgan fingerprint density at radius 3 is 2.68 bits per heavy atom. The number of aromatic nitrogens is 2. The van der Waals surface area contributed by atoms with E-state index in [1.54, 1.807) is 24.3 Å². The van der Waals surface area contributed by atoms with E-state index in [1.165, 1.54) is 11.1 Å². The Kier molecular flexibility index (Phi) is 6.93. The van der Waals surface area contributed by atoms with Crippen LogP contribution in [-0.4, -0.2) is 68.2 Å². The Balaban J connectivity index is 1.32. The number of carboxylic acid groups (broad SMARTS) is 1. The van der Waals surface area contributed by atoms with E-state index in [9.17, 15) is 24.6 Å². The highest BCUT2D eigenvalue weighted by molar-refractivity contribution is 5.98. The summed E-state index contributed by atoms with van der Waals surface area (Å²) in [6.07, 6.45) is 1.43. The van der Waals surface area contributed by atoms with Gasteiger partial charge in [0.1, 0.15) is 0 Å². The molecule has 38 heavy (non-hydrogen) atoms. The van der Waals surface area contributed by atoms with Crippen LogP contribution in [0.3, 0.4) is 0 Å². The van der Waals surface area contributed by atoms with Gasteiger partial charge in [0.2, 0.25) is 0 Å². The van der Waals surface area contributed by atoms with Gasteiger partial charge >= 0.3 is 6.09 Å². The zero-order valence-electron chi connectivity index (χ0n) is 20.5. The van der Waals surface area contributed by atoms with Gasteiger partial charge in [0.05, 0.1) is 24.0 Å². The fraction of sp³-hybridized carbons (Fsp3) is 0.296. The van der Waals surface area contributed by atoms with Crippen molar-refractivity contribution < 1.29 is 24.6 Å². The Morgan fingerprint density at radius 2 is 1.87 bits per heavy atom. The van der Waals surface area contributed by atoms with Gasteiger partial charge in [-0.1, -0.05) is 36.4 Å². The van der Waals surface area contributed by atoms with Crippen LogP contribution < -0.4 is 16.4 Å². The lowest BCUT2D eigenvalue weighted by Crippen LogP contribution is -2.49. The Hall–Kier alpha value is -4.51. The summed E-state index contributed by atoms with van der Waals surface area (Å²) in [5.41, 5.74) is 9.04. The molecule has 1 saturated heterocycles. The largest absolute Gasteiger partial charge is 0.465 e. The van der Waals surface area contributed by atoms with Gasteiger partial charge in [0, 0.05) is 36.7 Å². The third-order valence-electron chi connectivity index (χ3n) is 6.95. The molecule has 1 aromatic heterocycles. The number of amides is 3. The van der Waals surface area contributed by atoms with Crippen LogP contribution in [0.25, 0.3) is 11.3 Å². The van der Waals surface area contributed by atoms with E-state index in [4.69, 9.17) is 5.73 Å². The minimum absolute atomic E-state index is 0.0556. The lowest BCUT2D eigenvalue weighted by Gasteiger charge is -2.31. The maximum absolute atomic E-state index is 13.1. The molecule has 5 rings (SSSR count). The molecule has 3 amide bonds. The number of aliphatic hydroxyl groups excluding tert-OH is 1. The molecule has 1 fully saturated rings. The zero-order chi connectivity index (χ0) is 26.8. The molecule has 0 unspecified atom stereocenters. The second kappa shape index (κ2) is 10.5. The van der Waals surface area contributed by atoms with Gasteiger partial charge in [-0.25, -0.2) is 14.8 Å². The van der Waals surface area contributed by atoms with Crippen molar-refractivity contribution in [1.82, 2.24) is 25.5 Å². The molecule has 2 aliphatic rings. The molecule has 11 nitrogen and oxygen atoms in total. The molecular weight excluding hydrogens is 488 g/mol. The molecular formula is C27H28N6O5. The molecule has 3 aromatic rings. The summed E-state index contributed by atoms with van der Waals surface area (Å²) in [4.78, 5) is 47.1. The fourth-order valence-corrected chi connectivity index (χ4v) is 5.02. The first-order chi connectivity index (χ1) is 18.3. The molecule has 1 aliphatic heterocycles. The number of anilines is 1. The van der Waals surface area contributed by atoms with Gasteiger partial charge in [-0.05, 0) is 36.1 Å². The summed E-state index contributed by atoms with van der Waals surface area (Å²) < 4.78 is 0. The monoisotopic (exact) mass is 516 g/mol. The number of rotatable bonds is 5. The van der Waals surface area contributed by atoms with Crippen LogP contribution in [0.4, 0.5) is 10.6 Å². The summed E-state index contributed by atoms with van der Waals surface area (Å²) in [7, 11) is 0. The van der Waals surface area contributed by atoms with Crippen molar-refractivity contribution in [2.75, 3.05) is 18.8 Å². The van der Waals surface area contributed by atoms with Crippen molar-refractivity contribution in [2.24, 2.45) is 0 Å². The van der Waals surface area contributed by atoms with Crippen LogP contribution in [0.5, 0.6) is 0 Å². The van der Waals surface area contributed by atoms with E-state index >= 15 is 0 Å². The van der Waals surface area contributed by atoms with Crippen LogP contribution >= 0.6 is 0 Å². The molecule has 0 saturated carbocycles. The molecule has 2 aromatic carbocycles. The third kappa shape index (κ3) is 5.14. The minimum atomic E-state index is -1.03. The molecule has 0 spiro atoms. The summed E-state index contributed by atoms with van der Waals surface area (Å²) in [5, 5.41) is 25.5. The highest BCUT2D eigenvalue weighted by Crippen LogP contribution is 2.31. The number of likely N-dealkylation sites (tertiary alicyclic amines) is 1. The fourth-order valence-electron chi connectivity index (χ4n) is 5.02. The third-order valence-corrected chi connectivity index (χ3v) is 6.95. The summed E-state index contributed by atoms with van der Waals surface area (Å²) in [5.74, 6) is -0.953. The van der Waals surface area contributed by atoms with Crippen LogP contribution in [-0.2, 0) is 6.42 Å². The van der Waals surface area contributed by atoms with Gasteiger partial charge in [-0.3, -0.25) is 9.59 Å². The number of hydrogen-bond donors (Lipinski definition) is 5. The lowest BCUT2D eigenvalue weighted by molar-refractivity contribution is 0.0857. The maximum Gasteiger partial charge on any atom is 0.407 e. The van der Waals surface area contributed by atoms with Crippen LogP contribution in [0.15, 0.2) is 54.7 Å². The number of carbonyl (C=O) groups excluding carboxylic acids is 2. The predicted molar refractivity (Wildman–Crippen MR) is 138 cm³/mol. The van der Waals surface area contributed by atoms with E-state index in [1.807, 2.05) is 24.3 Å². The summed E-state index contributed by atoms with van der Waals surface area (Å²) in [6, 6.07) is 13.5. The van der Waals surface area contributed by atoms with E-state index < -0.39 is 24.1 Å². The predicted octanol–water partition coefficient (Wildman–Crippen LogP) is 1.99. The van der Waals surface area contributed by atoms with Gasteiger partial charge in [-0.2, -0.15) is 0 Å². The Morgan fingerprint density at radius 1 is 1.05 bits per heavy atom. The zero-order valence-corrected chi connectivity index (χ0v) is 20.5. The number of aliphatic hydroxyl groups is 1. The van der Waals surface area contributed by atoms with E-state index in [0.29, 0.717) is 42.6 Å². The number of nitrogens with one attached hydrogen (secondary N) is 2. The molecule has 2 heterocycles. The number of benzene rings is 2. The second-order valence-electron chi connectivity index (χ2n) is 9.53. The first-order valence-electron chi connectivity index (χ1n) is 12.4. The van der Waals surface area contributed by atoms with Crippen molar-refractivity contribution >= 4 is 23.7 Å². The molecule has 11 heteroatoms. The van der Waals surface area contributed by atoms with Gasteiger partial charge < -0.3 is 31.5 Å². The first-order valence-corrected chi connectivity index (χ1v) is 12.4. The van der Waals surface area contributed by atoms with E-state index in [2.05, 4.69) is 20.6 Å². The van der Waals surface area contributed by atoms with Gasteiger partial charge in [0.15, 0.2) is 11.5 Å². The molecule has 6 N–H and O–H groups in total. The smallest absolute Gasteiger partial charge is 0.407 e. The van der Waals surface area contributed by atoms with E-state index in [-0.39, 0.29) is 30.0 Å². The number of carbonyl (C=O) groups is 3. The lowest BCUT2D eigenvalue weighted by atomic mass is 10.0. The number of hydrogen-bond acceptors (Lipinski definition) is 7. The molecule has 3 atom stereocenters. The first kappa shape index (κ1) is 25.2. The highest BCUT2D eigenvalue weighted by atomic mass is 16.4. The number of nitrogen functional groups attached to an aromatic ring is 1. The van der Waals surface area contributed by atoms with Crippen LogP contribution in [0, 0.1) is 0 Å². The van der Waals surface area contributed by atoms with Crippen LogP contribution in [0.2, 0.25) is 0 Å². The minimum Gasteiger partial charge on any atom is -0.465 e. The van der Waals surface area contributed by atoms with Gasteiger partial charge in [-0.15, -0.1) is 0 Å². The Bertz CT molecular complexity index is 1400. The van der Waals surface area contributed by atoms with Crippen molar-refractivity contribution in [3.05, 3.63) is 77.1 Å². The summed E-state index contributed by atoms with van der Waals surface area (Å²) >= 11 is 0. The quantitative estimate of drug-likeness (QED) is 0.343. The number of fused-ring (bicyclic) bond motifs is 1. The number of piperidine rings is 1. The average molecular weight is 517 g/mol. The number of nitrogens with two attached hydrogens (primary N) is 1. The highest BCUT2D eigenvalue weighted by Gasteiger charge is 2.32. The normalized spacial score (nSPS) is 20.4. The Labute approximate surface area is 218 Å². The van der Waals surface area contributed by atoms with Gasteiger partial charge in [0.25, 0.3) is 11.8 Å². The summed E-state index contributed by atoms with van der Waals surface area (Å²) in [6.45, 7) is 0.612. The topological polar surface area (TPSA) is 171 Å². The molecule has 0 bridgehead atoms. The van der Waals surface area contributed by atoms with Crippen LogP contribution in [0.1, 0.15) is 50.9 Å². The standard InChI is InChI=1S/C27H28N6O5/c28-24-23(26(36)30-18-8-4-10-33(14-18)27(37)38)31-20(13-29-24)16-6-3-7-17(11-16)25(35)32-22-19-9-2-1-5-15(19)12-21(22)34/h1-3,5-7,9,11,13,18,21-22,34H,4,8,10,12,14H2,(H2,28,29)(H,30,36)(H,32,35)(H,37,38)/t18-,21-,22+/m0/s1. The SMILES string of the molecule is Nc1ncc(-c2cccc(C(=O)N[C@@H]3c4ccccc4C[C@@H]3O)c2)nc1C(=O)N[C@H]1CCCN(C(=O)O)C1. The van der Waals surface area contributed by atoms with Crippen molar-refractivity contribution in [2.45, 2.75) is 37.5 Å². The average Bonchev–Trinajstić information content (AvgIpc) is 3.23. The molecule has 196 valence electrons. The van der Waals surface area contributed by atoms with E-state index in [0.717, 1.165) is 11.1 Å². The van der Waals surface area contributed by atoms with Crippen molar-refractivity contribution in [1.29, 1.82) is 0 Å².